The zero-order valence-electron chi connectivity index (χ0n) is 9.59. The Hall–Kier alpha value is -0.450. The number of nitrogens with two attached hydrogens (primary N) is 1. The molecule has 0 aliphatic heterocycles. The van der Waals surface area contributed by atoms with Crippen molar-refractivity contribution >= 4 is 15.9 Å². The average Bonchev–Trinajstić information content (AvgIpc) is 2.16. The summed E-state index contributed by atoms with van der Waals surface area (Å²) in [6.07, 6.45) is 0.847. The second-order valence-corrected chi connectivity index (χ2v) is 5.19. The van der Waals surface area contributed by atoms with E-state index in [1.807, 2.05) is 19.9 Å². The molecule has 0 saturated heterocycles. The minimum Gasteiger partial charge on any atom is -0.375 e. The molecule has 0 aliphatic rings. The molecule has 1 aromatic rings. The van der Waals surface area contributed by atoms with E-state index in [1.54, 1.807) is 0 Å². The summed E-state index contributed by atoms with van der Waals surface area (Å²) in [6, 6.07) is 4.72. The SMILES string of the molecule is CCC(C)(N)COCc1cc(F)cc(Br)c1. The standard InChI is InChI=1S/C12H17BrFNO/c1-3-12(2,15)8-16-7-9-4-10(13)6-11(14)5-9/h4-6H,3,7-8,15H2,1-2H3. The molecule has 1 unspecified atom stereocenters. The maximum Gasteiger partial charge on any atom is 0.124 e. The van der Waals surface area contributed by atoms with Crippen LogP contribution in [-0.4, -0.2) is 12.1 Å². The van der Waals surface area contributed by atoms with Crippen LogP contribution in [0.2, 0.25) is 0 Å². The predicted octanol–water partition coefficient (Wildman–Crippen LogP) is 3.23. The number of ether oxygens (including phenoxy) is 1. The molecule has 0 saturated carbocycles. The van der Waals surface area contributed by atoms with Gasteiger partial charge in [-0.3, -0.25) is 0 Å². The van der Waals surface area contributed by atoms with Crippen molar-refractivity contribution in [3.8, 4) is 0 Å². The zero-order valence-corrected chi connectivity index (χ0v) is 11.2. The van der Waals surface area contributed by atoms with Crippen LogP contribution >= 0.6 is 15.9 Å². The molecule has 0 heterocycles. The summed E-state index contributed by atoms with van der Waals surface area (Å²) in [5, 5.41) is 0. The summed E-state index contributed by atoms with van der Waals surface area (Å²) in [5.74, 6) is -0.265. The molecule has 0 aliphatic carbocycles. The van der Waals surface area contributed by atoms with Crippen LogP contribution in [0.3, 0.4) is 0 Å². The van der Waals surface area contributed by atoms with Gasteiger partial charge in [0.25, 0.3) is 0 Å². The fourth-order valence-corrected chi connectivity index (χ4v) is 1.71. The summed E-state index contributed by atoms with van der Waals surface area (Å²) < 4.78 is 19.2. The van der Waals surface area contributed by atoms with E-state index in [-0.39, 0.29) is 11.4 Å². The summed E-state index contributed by atoms with van der Waals surface area (Å²) in [5.41, 5.74) is 6.42. The Labute approximate surface area is 104 Å². The quantitative estimate of drug-likeness (QED) is 0.903. The van der Waals surface area contributed by atoms with E-state index in [0.717, 1.165) is 16.5 Å². The molecule has 90 valence electrons. The van der Waals surface area contributed by atoms with Crippen molar-refractivity contribution in [1.82, 2.24) is 0 Å². The second-order valence-electron chi connectivity index (χ2n) is 4.28. The number of rotatable bonds is 5. The van der Waals surface area contributed by atoms with Gasteiger partial charge in [-0.25, -0.2) is 4.39 Å². The molecule has 16 heavy (non-hydrogen) atoms. The maximum atomic E-state index is 13.0. The van der Waals surface area contributed by atoms with E-state index in [9.17, 15) is 4.39 Å². The topological polar surface area (TPSA) is 35.2 Å². The first-order valence-electron chi connectivity index (χ1n) is 5.24. The van der Waals surface area contributed by atoms with Gasteiger partial charge in [0.15, 0.2) is 0 Å². The third-order valence-corrected chi connectivity index (χ3v) is 2.89. The van der Waals surface area contributed by atoms with Gasteiger partial charge in [-0.05, 0) is 37.1 Å². The van der Waals surface area contributed by atoms with Gasteiger partial charge in [0.05, 0.1) is 13.2 Å². The molecular formula is C12H17BrFNO. The lowest BCUT2D eigenvalue weighted by Gasteiger charge is -2.22. The third kappa shape index (κ3) is 4.60. The van der Waals surface area contributed by atoms with Gasteiger partial charge in [-0.2, -0.15) is 0 Å². The molecule has 0 amide bonds. The summed E-state index contributed by atoms with van der Waals surface area (Å²) >= 11 is 3.24. The first-order valence-corrected chi connectivity index (χ1v) is 6.04. The Balaban J connectivity index is 2.49. The highest BCUT2D eigenvalue weighted by Gasteiger charge is 2.15. The van der Waals surface area contributed by atoms with Gasteiger partial charge in [0, 0.05) is 10.0 Å². The number of hydrogen-bond acceptors (Lipinski definition) is 2. The number of benzene rings is 1. The van der Waals surface area contributed by atoms with Crippen LogP contribution in [-0.2, 0) is 11.3 Å². The summed E-state index contributed by atoms with van der Waals surface area (Å²) in [4.78, 5) is 0. The first kappa shape index (κ1) is 13.6. The average molecular weight is 290 g/mol. The molecule has 0 bridgehead atoms. The Morgan fingerprint density at radius 3 is 2.69 bits per heavy atom. The van der Waals surface area contributed by atoms with Crippen molar-refractivity contribution < 1.29 is 9.13 Å². The molecule has 4 heteroatoms. The van der Waals surface area contributed by atoms with Crippen molar-refractivity contribution in [3.05, 3.63) is 34.1 Å². The van der Waals surface area contributed by atoms with Gasteiger partial charge in [0.2, 0.25) is 0 Å². The molecule has 2 nitrogen and oxygen atoms in total. The molecule has 1 rings (SSSR count). The summed E-state index contributed by atoms with van der Waals surface area (Å²) in [6.45, 7) is 4.80. The Kier molecular flexibility index (Phi) is 4.89. The zero-order chi connectivity index (χ0) is 12.2. The van der Waals surface area contributed by atoms with Crippen LogP contribution in [0.25, 0.3) is 0 Å². The third-order valence-electron chi connectivity index (χ3n) is 2.43. The molecular weight excluding hydrogens is 273 g/mol. The van der Waals surface area contributed by atoms with Crippen LogP contribution in [0.5, 0.6) is 0 Å². The van der Waals surface area contributed by atoms with Crippen LogP contribution in [0, 0.1) is 5.82 Å². The predicted molar refractivity (Wildman–Crippen MR) is 66.6 cm³/mol. The van der Waals surface area contributed by atoms with Crippen molar-refractivity contribution in [1.29, 1.82) is 0 Å². The van der Waals surface area contributed by atoms with Crippen LogP contribution < -0.4 is 5.73 Å². The van der Waals surface area contributed by atoms with E-state index >= 15 is 0 Å². The Bertz CT molecular complexity index is 335. The normalized spacial score (nSPS) is 14.8. The lowest BCUT2D eigenvalue weighted by molar-refractivity contribution is 0.0776. The van der Waals surface area contributed by atoms with E-state index in [0.29, 0.717) is 13.2 Å². The van der Waals surface area contributed by atoms with Gasteiger partial charge in [0.1, 0.15) is 5.82 Å². The van der Waals surface area contributed by atoms with Gasteiger partial charge in [-0.1, -0.05) is 22.9 Å². The number of halogens is 2. The lowest BCUT2D eigenvalue weighted by atomic mass is 10.0. The van der Waals surface area contributed by atoms with E-state index in [4.69, 9.17) is 10.5 Å². The highest BCUT2D eigenvalue weighted by molar-refractivity contribution is 9.10. The van der Waals surface area contributed by atoms with E-state index in [2.05, 4.69) is 15.9 Å². The molecule has 0 fully saturated rings. The molecule has 1 atom stereocenters. The lowest BCUT2D eigenvalue weighted by Crippen LogP contribution is -2.40. The van der Waals surface area contributed by atoms with E-state index < -0.39 is 0 Å². The molecule has 0 aromatic heterocycles. The molecule has 0 spiro atoms. The van der Waals surface area contributed by atoms with Crippen molar-refractivity contribution in [2.75, 3.05) is 6.61 Å². The molecule has 2 N–H and O–H groups in total. The molecule has 1 aromatic carbocycles. The van der Waals surface area contributed by atoms with Crippen molar-refractivity contribution in [2.24, 2.45) is 5.73 Å². The number of hydrogen-bond donors (Lipinski definition) is 1. The van der Waals surface area contributed by atoms with Crippen LogP contribution in [0.1, 0.15) is 25.8 Å². The maximum absolute atomic E-state index is 13.0. The van der Waals surface area contributed by atoms with E-state index in [1.165, 1.54) is 12.1 Å². The van der Waals surface area contributed by atoms with Crippen LogP contribution in [0.4, 0.5) is 4.39 Å². The fourth-order valence-electron chi connectivity index (χ4n) is 1.20. The minimum atomic E-state index is -0.315. The fraction of sp³-hybridized carbons (Fsp3) is 0.500. The largest absolute Gasteiger partial charge is 0.375 e. The van der Waals surface area contributed by atoms with Gasteiger partial charge < -0.3 is 10.5 Å². The van der Waals surface area contributed by atoms with Crippen LogP contribution in [0.15, 0.2) is 22.7 Å². The minimum absolute atomic E-state index is 0.265. The van der Waals surface area contributed by atoms with Gasteiger partial charge >= 0.3 is 0 Å². The van der Waals surface area contributed by atoms with Crippen molar-refractivity contribution in [2.45, 2.75) is 32.4 Å². The highest BCUT2D eigenvalue weighted by atomic mass is 79.9. The Morgan fingerprint density at radius 1 is 1.44 bits per heavy atom. The highest BCUT2D eigenvalue weighted by Crippen LogP contribution is 2.16. The molecule has 0 radical (unpaired) electrons. The summed E-state index contributed by atoms with van der Waals surface area (Å²) in [7, 11) is 0. The first-order chi connectivity index (χ1) is 7.43. The smallest absolute Gasteiger partial charge is 0.124 e. The monoisotopic (exact) mass is 289 g/mol. The second kappa shape index (κ2) is 5.75. The Morgan fingerprint density at radius 2 is 2.12 bits per heavy atom. The van der Waals surface area contributed by atoms with Gasteiger partial charge in [-0.15, -0.1) is 0 Å². The van der Waals surface area contributed by atoms with Crippen molar-refractivity contribution in [3.63, 3.8) is 0 Å².